The third-order valence-electron chi connectivity index (χ3n) is 4.25. The Morgan fingerprint density at radius 1 is 1.16 bits per heavy atom. The van der Waals surface area contributed by atoms with Gasteiger partial charge in [-0.05, 0) is 61.7 Å². The third-order valence-corrected chi connectivity index (χ3v) is 4.48. The van der Waals surface area contributed by atoms with Crippen molar-refractivity contribution in [3.05, 3.63) is 58.1 Å². The van der Waals surface area contributed by atoms with Crippen molar-refractivity contribution in [1.82, 2.24) is 4.90 Å². The summed E-state index contributed by atoms with van der Waals surface area (Å²) in [5, 5.41) is 0.526. The van der Waals surface area contributed by atoms with Crippen molar-refractivity contribution < 1.29 is 14.3 Å². The van der Waals surface area contributed by atoms with Crippen LogP contribution in [0.4, 0.5) is 0 Å². The summed E-state index contributed by atoms with van der Waals surface area (Å²) in [5.74, 6) is 1.31. The van der Waals surface area contributed by atoms with Crippen LogP contribution < -0.4 is 9.47 Å². The monoisotopic (exact) mass is 359 g/mol. The molecule has 2 aromatic carbocycles. The molecule has 0 spiro atoms. The van der Waals surface area contributed by atoms with E-state index >= 15 is 0 Å². The maximum absolute atomic E-state index is 13.1. The number of hydrogen-bond acceptors (Lipinski definition) is 3. The molecular formula is C20H22ClNO3. The molecule has 0 saturated heterocycles. The molecule has 0 atom stereocenters. The van der Waals surface area contributed by atoms with Crippen molar-refractivity contribution in [3.8, 4) is 11.5 Å². The number of nitrogens with zero attached hydrogens (tertiary/aromatic N) is 1. The van der Waals surface area contributed by atoms with Gasteiger partial charge in [0.1, 0.15) is 11.5 Å². The van der Waals surface area contributed by atoms with Gasteiger partial charge in [0.05, 0.1) is 18.8 Å². The average Bonchev–Trinajstić information content (AvgIpc) is 2.61. The van der Waals surface area contributed by atoms with Gasteiger partial charge < -0.3 is 14.4 Å². The molecule has 1 amide bonds. The third kappa shape index (κ3) is 3.90. The zero-order chi connectivity index (χ0) is 18.0. The number of fused-ring (bicyclic) bond motifs is 1. The second-order valence-electron chi connectivity index (χ2n) is 6.42. The quantitative estimate of drug-likeness (QED) is 0.815. The summed E-state index contributed by atoms with van der Waals surface area (Å²) >= 11 is 6.11. The highest BCUT2D eigenvalue weighted by molar-refractivity contribution is 6.31. The van der Waals surface area contributed by atoms with E-state index < -0.39 is 0 Å². The van der Waals surface area contributed by atoms with Crippen LogP contribution in [-0.2, 0) is 13.0 Å². The Hall–Kier alpha value is -2.20. The number of ether oxygens (including phenoxy) is 2. The Morgan fingerprint density at radius 3 is 2.68 bits per heavy atom. The van der Waals surface area contributed by atoms with E-state index in [1.165, 1.54) is 5.56 Å². The van der Waals surface area contributed by atoms with Crippen LogP contribution in [0.3, 0.4) is 0 Å². The standard InChI is InChI=1S/C20H22ClNO3/c1-13(2)25-19-7-5-16(21)11-18(19)20(23)22-9-8-14-4-6-17(24-3)10-15(14)12-22/h4-7,10-11,13H,8-9,12H2,1-3H3. The van der Waals surface area contributed by atoms with Crippen LogP contribution in [-0.4, -0.2) is 30.6 Å². The largest absolute Gasteiger partial charge is 0.497 e. The normalized spacial score (nSPS) is 13.6. The fourth-order valence-electron chi connectivity index (χ4n) is 3.03. The number of hydrogen-bond donors (Lipinski definition) is 0. The maximum Gasteiger partial charge on any atom is 0.257 e. The number of methoxy groups -OCH3 is 1. The second-order valence-corrected chi connectivity index (χ2v) is 6.85. The first-order valence-corrected chi connectivity index (χ1v) is 8.77. The van der Waals surface area contributed by atoms with Crippen molar-refractivity contribution in [1.29, 1.82) is 0 Å². The second kappa shape index (κ2) is 7.36. The molecule has 0 bridgehead atoms. The van der Waals surface area contributed by atoms with Crippen LogP contribution in [0.25, 0.3) is 0 Å². The van der Waals surface area contributed by atoms with E-state index in [1.54, 1.807) is 25.3 Å². The van der Waals surface area contributed by atoms with Gasteiger partial charge in [0.25, 0.3) is 5.91 Å². The number of amides is 1. The fourth-order valence-corrected chi connectivity index (χ4v) is 3.20. The van der Waals surface area contributed by atoms with Crippen molar-refractivity contribution in [3.63, 3.8) is 0 Å². The molecule has 4 nitrogen and oxygen atoms in total. The number of carbonyl (C=O) groups is 1. The lowest BCUT2D eigenvalue weighted by Gasteiger charge is -2.30. The summed E-state index contributed by atoms with van der Waals surface area (Å²) < 4.78 is 11.1. The first kappa shape index (κ1) is 17.6. The predicted molar refractivity (Wildman–Crippen MR) is 98.7 cm³/mol. The summed E-state index contributed by atoms with van der Waals surface area (Å²) in [6.07, 6.45) is 0.811. The van der Waals surface area contributed by atoms with Gasteiger partial charge >= 0.3 is 0 Å². The van der Waals surface area contributed by atoms with E-state index in [1.807, 2.05) is 30.9 Å². The molecule has 3 rings (SSSR count). The highest BCUT2D eigenvalue weighted by Crippen LogP contribution is 2.29. The van der Waals surface area contributed by atoms with Crippen molar-refractivity contribution in [2.75, 3.05) is 13.7 Å². The molecular weight excluding hydrogens is 338 g/mol. The van der Waals surface area contributed by atoms with Crippen LogP contribution in [0.15, 0.2) is 36.4 Å². The molecule has 2 aromatic rings. The Bertz CT molecular complexity index is 789. The summed E-state index contributed by atoms with van der Waals surface area (Å²) in [6, 6.07) is 11.2. The van der Waals surface area contributed by atoms with Gasteiger partial charge in [0.2, 0.25) is 0 Å². The van der Waals surface area contributed by atoms with Gasteiger partial charge in [0, 0.05) is 18.1 Å². The number of halogens is 1. The van der Waals surface area contributed by atoms with E-state index in [-0.39, 0.29) is 12.0 Å². The van der Waals surface area contributed by atoms with Crippen molar-refractivity contribution in [2.24, 2.45) is 0 Å². The van der Waals surface area contributed by atoms with E-state index in [4.69, 9.17) is 21.1 Å². The SMILES string of the molecule is COc1ccc2c(c1)CN(C(=O)c1cc(Cl)ccc1OC(C)C)CC2. The molecule has 5 heteroatoms. The number of rotatable bonds is 4. The van der Waals surface area contributed by atoms with Crippen LogP contribution >= 0.6 is 11.6 Å². The minimum atomic E-state index is -0.0633. The van der Waals surface area contributed by atoms with Gasteiger partial charge in [-0.3, -0.25) is 4.79 Å². The van der Waals surface area contributed by atoms with Gasteiger partial charge in [-0.1, -0.05) is 17.7 Å². The number of carbonyl (C=O) groups excluding carboxylic acids is 1. The van der Waals surface area contributed by atoms with Gasteiger partial charge in [-0.15, -0.1) is 0 Å². The lowest BCUT2D eigenvalue weighted by atomic mass is 9.98. The lowest BCUT2D eigenvalue weighted by Crippen LogP contribution is -2.36. The average molecular weight is 360 g/mol. The van der Waals surface area contributed by atoms with Crippen LogP contribution in [0.1, 0.15) is 35.3 Å². The Kier molecular flexibility index (Phi) is 5.19. The molecule has 0 fully saturated rings. The zero-order valence-corrected chi connectivity index (χ0v) is 15.5. The summed E-state index contributed by atoms with van der Waals surface area (Å²) in [4.78, 5) is 14.9. The first-order chi connectivity index (χ1) is 12.0. The van der Waals surface area contributed by atoms with Gasteiger partial charge in [-0.25, -0.2) is 0 Å². The molecule has 132 valence electrons. The number of benzene rings is 2. The molecule has 1 heterocycles. The highest BCUT2D eigenvalue weighted by atomic mass is 35.5. The minimum absolute atomic E-state index is 0.0148. The van der Waals surface area contributed by atoms with Crippen LogP contribution in [0, 0.1) is 0 Å². The van der Waals surface area contributed by atoms with E-state index in [2.05, 4.69) is 6.07 Å². The lowest BCUT2D eigenvalue weighted by molar-refractivity contribution is 0.0728. The summed E-state index contributed by atoms with van der Waals surface area (Å²) in [7, 11) is 1.65. The Morgan fingerprint density at radius 2 is 1.96 bits per heavy atom. The smallest absolute Gasteiger partial charge is 0.257 e. The highest BCUT2D eigenvalue weighted by Gasteiger charge is 2.25. The fraction of sp³-hybridized carbons (Fsp3) is 0.350. The molecule has 0 aromatic heterocycles. The molecule has 0 N–H and O–H groups in total. The van der Waals surface area contributed by atoms with E-state index in [0.717, 1.165) is 17.7 Å². The molecule has 0 unspecified atom stereocenters. The summed E-state index contributed by atoms with van der Waals surface area (Å²) in [5.41, 5.74) is 2.88. The zero-order valence-electron chi connectivity index (χ0n) is 14.7. The molecule has 0 radical (unpaired) electrons. The molecule has 25 heavy (non-hydrogen) atoms. The first-order valence-electron chi connectivity index (χ1n) is 8.39. The topological polar surface area (TPSA) is 38.8 Å². The van der Waals surface area contributed by atoms with Gasteiger partial charge in [0.15, 0.2) is 0 Å². The van der Waals surface area contributed by atoms with Crippen LogP contribution in [0.2, 0.25) is 5.02 Å². The Balaban J connectivity index is 1.87. The van der Waals surface area contributed by atoms with Crippen molar-refractivity contribution >= 4 is 17.5 Å². The van der Waals surface area contributed by atoms with E-state index in [9.17, 15) is 4.79 Å². The minimum Gasteiger partial charge on any atom is -0.497 e. The molecule has 1 aliphatic heterocycles. The maximum atomic E-state index is 13.1. The van der Waals surface area contributed by atoms with Crippen molar-refractivity contribution in [2.45, 2.75) is 32.9 Å². The molecule has 0 saturated carbocycles. The molecule has 0 aliphatic carbocycles. The van der Waals surface area contributed by atoms with Gasteiger partial charge in [-0.2, -0.15) is 0 Å². The summed E-state index contributed by atoms with van der Waals surface area (Å²) in [6.45, 7) is 5.10. The van der Waals surface area contributed by atoms with Crippen LogP contribution in [0.5, 0.6) is 11.5 Å². The van der Waals surface area contributed by atoms with E-state index in [0.29, 0.717) is 29.4 Å². The molecule has 1 aliphatic rings. The Labute approximate surface area is 153 Å². The predicted octanol–water partition coefficient (Wildman–Crippen LogP) is 4.33.